The first-order chi connectivity index (χ1) is 17.3. The smallest absolute Gasteiger partial charge is 0.373 e. The predicted octanol–water partition coefficient (Wildman–Crippen LogP) is 3.84. The second-order valence-corrected chi connectivity index (χ2v) is 9.46. The average Bonchev–Trinajstić information content (AvgIpc) is 3.55. The van der Waals surface area contributed by atoms with Crippen molar-refractivity contribution >= 4 is 11.7 Å². The number of anilines is 1. The summed E-state index contributed by atoms with van der Waals surface area (Å²) in [6.45, 7) is 3.40. The van der Waals surface area contributed by atoms with Gasteiger partial charge in [0.2, 0.25) is 0 Å². The zero-order valence-electron chi connectivity index (χ0n) is 19.2. The molecule has 2 aromatic heterocycles. The molecule has 3 aromatic rings. The second-order valence-electron chi connectivity index (χ2n) is 9.46. The number of nitrogens with zero attached hydrogens (tertiary/aromatic N) is 5. The Kier molecular flexibility index (Phi) is 5.47. The Morgan fingerprint density at radius 3 is 2.44 bits per heavy atom. The first-order valence-electron chi connectivity index (χ1n) is 11.8. The minimum atomic E-state index is -4.42. The normalized spacial score (nSPS) is 21.6. The average molecular weight is 501 g/mol. The molecule has 2 atom stereocenters. The van der Waals surface area contributed by atoms with Crippen molar-refractivity contribution in [2.75, 3.05) is 37.7 Å². The molecule has 1 aromatic carbocycles. The van der Waals surface area contributed by atoms with Crippen molar-refractivity contribution in [1.82, 2.24) is 19.7 Å². The number of ether oxygens (including phenoxy) is 1. The summed E-state index contributed by atoms with van der Waals surface area (Å²) in [6, 6.07) is 8.72. The molecule has 5 heterocycles. The second kappa shape index (κ2) is 8.58. The molecule has 2 saturated heterocycles. The third-order valence-electron chi connectivity index (χ3n) is 7.26. The molecular formula is C25H23F4N5O2. The van der Waals surface area contributed by atoms with Crippen LogP contribution in [-0.2, 0) is 24.1 Å². The highest BCUT2D eigenvalue weighted by Crippen LogP contribution is 2.37. The molecule has 0 bridgehead atoms. The van der Waals surface area contributed by atoms with E-state index in [0.29, 0.717) is 62.1 Å². The molecule has 7 nitrogen and oxygen atoms in total. The molecule has 11 heteroatoms. The van der Waals surface area contributed by atoms with Crippen molar-refractivity contribution in [3.05, 3.63) is 65.2 Å². The molecule has 36 heavy (non-hydrogen) atoms. The minimum Gasteiger partial charge on any atom is -0.373 e. The molecule has 0 saturated carbocycles. The molecule has 2 fully saturated rings. The number of amides is 1. The van der Waals surface area contributed by atoms with Crippen LogP contribution in [-0.4, -0.2) is 58.4 Å². The fourth-order valence-corrected chi connectivity index (χ4v) is 5.46. The van der Waals surface area contributed by atoms with Gasteiger partial charge in [-0.25, -0.2) is 9.37 Å². The Bertz CT molecular complexity index is 1290. The molecular weight excluding hydrogens is 478 g/mol. The van der Waals surface area contributed by atoms with Crippen molar-refractivity contribution in [3.8, 4) is 11.3 Å². The van der Waals surface area contributed by atoms with Gasteiger partial charge in [-0.1, -0.05) is 12.1 Å². The minimum absolute atomic E-state index is 0.164. The molecule has 6 rings (SSSR count). The van der Waals surface area contributed by atoms with Crippen LogP contribution in [0.2, 0.25) is 0 Å². The number of halogens is 4. The SMILES string of the molecule is O=C(c1c(-c2ccccc2F)nn2c1COCC2)N1CC2CN(c3ccc(C(F)(F)F)cn3)CC2C1. The van der Waals surface area contributed by atoms with Gasteiger partial charge in [-0.3, -0.25) is 9.48 Å². The summed E-state index contributed by atoms with van der Waals surface area (Å²) in [5.41, 5.74) is 0.854. The van der Waals surface area contributed by atoms with Crippen LogP contribution >= 0.6 is 0 Å². The molecule has 0 N–H and O–H groups in total. The number of likely N-dealkylation sites (tertiary alicyclic amines) is 1. The largest absolute Gasteiger partial charge is 0.417 e. The van der Waals surface area contributed by atoms with Crippen molar-refractivity contribution < 1.29 is 27.1 Å². The van der Waals surface area contributed by atoms with Crippen LogP contribution in [0.4, 0.5) is 23.4 Å². The summed E-state index contributed by atoms with van der Waals surface area (Å²) in [7, 11) is 0. The van der Waals surface area contributed by atoms with Gasteiger partial charge < -0.3 is 14.5 Å². The van der Waals surface area contributed by atoms with Crippen molar-refractivity contribution in [1.29, 1.82) is 0 Å². The van der Waals surface area contributed by atoms with E-state index in [9.17, 15) is 22.4 Å². The third kappa shape index (κ3) is 3.91. The first kappa shape index (κ1) is 23.0. The number of pyridine rings is 1. The van der Waals surface area contributed by atoms with E-state index in [1.54, 1.807) is 27.8 Å². The Morgan fingerprint density at radius 1 is 1.03 bits per heavy atom. The number of rotatable bonds is 3. The topological polar surface area (TPSA) is 63.5 Å². The monoisotopic (exact) mass is 501 g/mol. The van der Waals surface area contributed by atoms with E-state index in [2.05, 4.69) is 10.1 Å². The van der Waals surface area contributed by atoms with Gasteiger partial charge in [0.15, 0.2) is 0 Å². The fourth-order valence-electron chi connectivity index (χ4n) is 5.46. The maximum absolute atomic E-state index is 14.7. The number of carbonyl (C=O) groups is 1. The van der Waals surface area contributed by atoms with Gasteiger partial charge in [0, 0.05) is 49.8 Å². The van der Waals surface area contributed by atoms with E-state index in [0.717, 1.165) is 12.3 Å². The number of aromatic nitrogens is 3. The maximum atomic E-state index is 14.7. The number of hydrogen-bond donors (Lipinski definition) is 0. The molecule has 0 aliphatic carbocycles. The molecule has 188 valence electrons. The zero-order valence-corrected chi connectivity index (χ0v) is 19.2. The predicted molar refractivity (Wildman–Crippen MR) is 122 cm³/mol. The Morgan fingerprint density at radius 2 is 1.78 bits per heavy atom. The van der Waals surface area contributed by atoms with Crippen LogP contribution in [0.1, 0.15) is 21.6 Å². The lowest BCUT2D eigenvalue weighted by Gasteiger charge is -2.23. The summed E-state index contributed by atoms with van der Waals surface area (Å²) < 4.78 is 60.6. The van der Waals surface area contributed by atoms with Crippen LogP contribution in [0.15, 0.2) is 42.6 Å². The van der Waals surface area contributed by atoms with Crippen molar-refractivity contribution in [2.24, 2.45) is 11.8 Å². The van der Waals surface area contributed by atoms with Gasteiger partial charge in [0.05, 0.1) is 36.6 Å². The fraction of sp³-hybridized carbons (Fsp3) is 0.400. The summed E-state index contributed by atoms with van der Waals surface area (Å²) in [5.74, 6) is 0.185. The highest BCUT2D eigenvalue weighted by Gasteiger charge is 2.44. The van der Waals surface area contributed by atoms with E-state index in [1.807, 2.05) is 4.90 Å². The summed E-state index contributed by atoms with van der Waals surface area (Å²) in [6.07, 6.45) is -3.57. The summed E-state index contributed by atoms with van der Waals surface area (Å²) in [5, 5.41) is 4.58. The number of benzene rings is 1. The summed E-state index contributed by atoms with van der Waals surface area (Å²) in [4.78, 5) is 21.5. The number of hydrogen-bond acceptors (Lipinski definition) is 5. The van der Waals surface area contributed by atoms with Gasteiger partial charge in [-0.15, -0.1) is 0 Å². The highest BCUT2D eigenvalue weighted by molar-refractivity contribution is 6.01. The maximum Gasteiger partial charge on any atom is 0.417 e. The van der Waals surface area contributed by atoms with Crippen LogP contribution in [0.5, 0.6) is 0 Å². The van der Waals surface area contributed by atoms with Crippen LogP contribution in [0.25, 0.3) is 11.3 Å². The van der Waals surface area contributed by atoms with E-state index in [1.165, 1.54) is 12.1 Å². The van der Waals surface area contributed by atoms with Crippen LogP contribution in [0, 0.1) is 17.7 Å². The molecule has 1 amide bonds. The standard InChI is InChI=1S/C25H23F4N5O2/c26-19-4-2-1-3-18(19)23-22(20-14-36-8-7-34(20)31-23)24(35)33-12-15-10-32(11-16(15)13-33)21-6-5-17(9-30-21)25(27,28)29/h1-6,9,15-16H,7-8,10-14H2. The molecule has 0 spiro atoms. The number of alkyl halides is 3. The quantitative estimate of drug-likeness (QED) is 0.511. The van der Waals surface area contributed by atoms with Crippen molar-refractivity contribution in [3.63, 3.8) is 0 Å². The summed E-state index contributed by atoms with van der Waals surface area (Å²) >= 11 is 0. The zero-order chi connectivity index (χ0) is 25.0. The van der Waals surface area contributed by atoms with E-state index < -0.39 is 17.6 Å². The molecule has 2 unspecified atom stereocenters. The molecule has 3 aliphatic rings. The van der Waals surface area contributed by atoms with Crippen molar-refractivity contribution in [2.45, 2.75) is 19.3 Å². The van der Waals surface area contributed by atoms with Gasteiger partial charge >= 0.3 is 6.18 Å². The highest BCUT2D eigenvalue weighted by atomic mass is 19.4. The van der Waals surface area contributed by atoms with Crippen LogP contribution in [0.3, 0.4) is 0 Å². The Labute approximate surface area is 204 Å². The number of fused-ring (bicyclic) bond motifs is 2. The molecule has 0 radical (unpaired) electrons. The van der Waals surface area contributed by atoms with E-state index >= 15 is 0 Å². The van der Waals surface area contributed by atoms with E-state index in [4.69, 9.17) is 4.74 Å². The van der Waals surface area contributed by atoms with Crippen LogP contribution < -0.4 is 4.90 Å². The van der Waals surface area contributed by atoms with Gasteiger partial charge in [-0.05, 0) is 24.3 Å². The Balaban J connectivity index is 1.22. The third-order valence-corrected chi connectivity index (χ3v) is 7.26. The molecule has 3 aliphatic heterocycles. The Hall–Kier alpha value is -3.47. The lowest BCUT2D eigenvalue weighted by atomic mass is 10.0. The lowest BCUT2D eigenvalue weighted by Crippen LogP contribution is -2.34. The van der Waals surface area contributed by atoms with Gasteiger partial charge in [0.25, 0.3) is 5.91 Å². The van der Waals surface area contributed by atoms with Gasteiger partial charge in [0.1, 0.15) is 17.3 Å². The van der Waals surface area contributed by atoms with Gasteiger partial charge in [-0.2, -0.15) is 18.3 Å². The number of carbonyl (C=O) groups excluding carboxylic acids is 1. The first-order valence-corrected chi connectivity index (χ1v) is 11.8. The lowest BCUT2D eigenvalue weighted by molar-refractivity contribution is -0.137. The van der Waals surface area contributed by atoms with E-state index in [-0.39, 0.29) is 29.9 Å².